The summed E-state index contributed by atoms with van der Waals surface area (Å²) in [7, 11) is 0. The van der Waals surface area contributed by atoms with Gasteiger partial charge >= 0.3 is 0 Å². The molecule has 2 aromatic rings. The predicted molar refractivity (Wildman–Crippen MR) is 115 cm³/mol. The van der Waals surface area contributed by atoms with Gasteiger partial charge < -0.3 is 9.59 Å². The first-order valence-electron chi connectivity index (χ1n) is 9.58. The molecule has 0 saturated heterocycles. The van der Waals surface area contributed by atoms with E-state index in [9.17, 15) is 19.2 Å². The van der Waals surface area contributed by atoms with Gasteiger partial charge in [0, 0.05) is 34.6 Å². The zero-order valence-corrected chi connectivity index (χ0v) is 18.0. The average molecular weight is 428 g/mol. The van der Waals surface area contributed by atoms with E-state index in [0.29, 0.717) is 24.0 Å². The van der Waals surface area contributed by atoms with Gasteiger partial charge in [-0.2, -0.15) is 0 Å². The van der Waals surface area contributed by atoms with Crippen molar-refractivity contribution in [3.63, 3.8) is 0 Å². The van der Waals surface area contributed by atoms with E-state index in [1.165, 1.54) is 12.8 Å². The smallest absolute Gasteiger partial charge is 0.250 e. The third-order valence-corrected chi connectivity index (χ3v) is 4.36. The Labute approximate surface area is 187 Å². The zero-order chi connectivity index (χ0) is 20.2. The first-order chi connectivity index (χ1) is 13.6. The van der Waals surface area contributed by atoms with Gasteiger partial charge in [-0.05, 0) is 25.7 Å². The molecule has 29 heavy (non-hydrogen) atoms. The van der Waals surface area contributed by atoms with Gasteiger partial charge in [0.05, 0.1) is 0 Å². The van der Waals surface area contributed by atoms with E-state index in [4.69, 9.17) is 0 Å². The number of ketones is 4. The molecule has 150 valence electrons. The Morgan fingerprint density at radius 2 is 0.897 bits per heavy atom. The van der Waals surface area contributed by atoms with Crippen molar-refractivity contribution < 1.29 is 40.9 Å². The largest absolute Gasteiger partial charge is 0.313 e. The van der Waals surface area contributed by atoms with Crippen molar-refractivity contribution in [1.29, 1.82) is 0 Å². The summed E-state index contributed by atoms with van der Waals surface area (Å²) in [4.78, 5) is 39.8. The van der Waals surface area contributed by atoms with Crippen LogP contribution in [0.15, 0.2) is 60.7 Å². The van der Waals surface area contributed by atoms with Crippen LogP contribution >= 0.6 is 0 Å². The summed E-state index contributed by atoms with van der Waals surface area (Å²) in [5.41, 5.74) is 1.35. The summed E-state index contributed by atoms with van der Waals surface area (Å²) in [6.45, 7) is 0. The van der Waals surface area contributed by atoms with Crippen LogP contribution in [0.3, 0.4) is 0 Å². The molecule has 0 aliphatic rings. The van der Waals surface area contributed by atoms with Crippen LogP contribution in [0, 0.1) is 12.8 Å². The van der Waals surface area contributed by atoms with Crippen molar-refractivity contribution in [1.82, 2.24) is 0 Å². The second-order valence-corrected chi connectivity index (χ2v) is 6.69. The molecule has 0 bridgehead atoms. The maximum atomic E-state index is 9.97. The van der Waals surface area contributed by atoms with E-state index in [1.54, 1.807) is 24.3 Å². The van der Waals surface area contributed by atoms with E-state index >= 15 is 0 Å². The predicted octanol–water partition coefficient (Wildman–Crippen LogP) is 4.01. The maximum Gasteiger partial charge on any atom is 0.250 e. The average Bonchev–Trinajstić information content (AvgIpc) is 2.71. The molecular formula is C24H28O4Ti+2. The van der Waals surface area contributed by atoms with Gasteiger partial charge in [-0.25, -0.2) is 0 Å². The van der Waals surface area contributed by atoms with Crippen molar-refractivity contribution in [3.8, 4) is 0 Å². The van der Waals surface area contributed by atoms with Gasteiger partial charge in [0.1, 0.15) is 0 Å². The van der Waals surface area contributed by atoms with Gasteiger partial charge in [0.15, 0.2) is 0 Å². The fourth-order valence-electron chi connectivity index (χ4n) is 2.81. The van der Waals surface area contributed by atoms with Crippen molar-refractivity contribution in [2.45, 2.75) is 38.5 Å². The molecule has 0 unspecified atom stereocenters. The van der Waals surface area contributed by atoms with Gasteiger partial charge in [-0.15, -0.1) is 24.3 Å². The Balaban J connectivity index is 0.00000420. The molecule has 0 heterocycles. The molecule has 0 aromatic heterocycles. The monoisotopic (exact) mass is 428 g/mol. The van der Waals surface area contributed by atoms with Crippen molar-refractivity contribution in [2.75, 3.05) is 0 Å². The second kappa shape index (κ2) is 13.7. The van der Waals surface area contributed by atoms with Crippen LogP contribution in [0.2, 0.25) is 0 Å². The van der Waals surface area contributed by atoms with Gasteiger partial charge in [0.2, 0.25) is 23.1 Å². The molecule has 0 aliphatic heterocycles. The standard InChI is InChI=1S/C24H24O4.Ti/c25-21(17-23(27)19-11-5-3-6-12-19)15-9-1-2-10-16-22(26)18-24(28)20-13-7-4-8-14-20;/h3-8,11-14,17-18H,1-2,9-10,15-16H2;/q-2;/p+4. The van der Waals surface area contributed by atoms with Crippen LogP contribution in [0.4, 0.5) is 0 Å². The molecule has 4 N–H and O–H groups in total. The third kappa shape index (κ3) is 9.55. The van der Waals surface area contributed by atoms with E-state index in [2.05, 4.69) is 0 Å². The quantitative estimate of drug-likeness (QED) is 0.115. The Bertz CT molecular complexity index is 731. The molecule has 5 heteroatoms. The molecule has 0 spiro atoms. The van der Waals surface area contributed by atoms with Crippen LogP contribution in [0.5, 0.6) is 0 Å². The number of hydrogen-bond acceptors (Lipinski definition) is 0. The van der Waals surface area contributed by atoms with E-state index in [-0.39, 0.29) is 44.9 Å². The molecule has 0 aliphatic carbocycles. The number of carbonyl (C=O) groups excluding carboxylic acids is 4. The summed E-state index contributed by atoms with van der Waals surface area (Å²) >= 11 is 0. The van der Waals surface area contributed by atoms with Crippen LogP contribution in [-0.4, -0.2) is 42.3 Å². The summed E-state index contributed by atoms with van der Waals surface area (Å²) in [6, 6.07) is 18.2. The SMILES string of the molecule is [OH+]=C([CH-]C(=[OH+])c1ccccc1)CCCCCCC(=[OH+])[CH-]C(=[OH+])c1ccccc1.[Ti]. The molecule has 2 aromatic carbocycles. The van der Waals surface area contributed by atoms with Crippen molar-refractivity contribution in [2.24, 2.45) is 0 Å². The Morgan fingerprint density at radius 1 is 0.552 bits per heavy atom. The van der Waals surface area contributed by atoms with Crippen molar-refractivity contribution >= 4 is 23.1 Å². The minimum absolute atomic E-state index is 0. The topological polar surface area (TPSA) is 85.6 Å². The van der Waals surface area contributed by atoms with Gasteiger partial charge in [-0.1, -0.05) is 60.4 Å². The molecule has 0 atom stereocenters. The zero-order valence-electron chi connectivity index (χ0n) is 16.5. The van der Waals surface area contributed by atoms with Crippen molar-refractivity contribution in [3.05, 3.63) is 84.6 Å². The minimum atomic E-state index is 0. The molecule has 0 fully saturated rings. The van der Waals surface area contributed by atoms with Gasteiger partial charge in [0.25, 0.3) is 0 Å². The Morgan fingerprint density at radius 3 is 1.24 bits per heavy atom. The molecule has 0 radical (unpaired) electrons. The number of benzene rings is 2. The summed E-state index contributed by atoms with van der Waals surface area (Å²) in [5.74, 6) is 0.434. The van der Waals surface area contributed by atoms with Gasteiger partial charge in [-0.3, -0.25) is 9.59 Å². The fourth-order valence-corrected chi connectivity index (χ4v) is 2.81. The maximum absolute atomic E-state index is 9.97. The first-order valence-corrected chi connectivity index (χ1v) is 9.58. The van der Waals surface area contributed by atoms with E-state index in [0.717, 1.165) is 25.7 Å². The van der Waals surface area contributed by atoms with Crippen LogP contribution < -0.4 is 0 Å². The number of unbranched alkanes of at least 4 members (excludes halogenated alkanes) is 3. The normalized spacial score (nSPS) is 9.79. The molecule has 0 amide bonds. The third-order valence-electron chi connectivity index (χ3n) is 4.36. The first kappa shape index (κ1) is 24.6. The molecule has 2 rings (SSSR count). The summed E-state index contributed by atoms with van der Waals surface area (Å²) < 4.78 is 0. The fraction of sp³-hybridized carbons (Fsp3) is 0.250. The number of rotatable bonds is 13. The Hall–Kier alpha value is -2.43. The molecule has 4 nitrogen and oxygen atoms in total. The van der Waals surface area contributed by atoms with E-state index < -0.39 is 0 Å². The summed E-state index contributed by atoms with van der Waals surface area (Å²) in [5, 5.41) is 0. The minimum Gasteiger partial charge on any atom is -0.313 e. The second-order valence-electron chi connectivity index (χ2n) is 6.69. The molecular weight excluding hydrogens is 400 g/mol. The summed E-state index contributed by atoms with van der Waals surface area (Å²) in [6.07, 6.45) is 7.21. The molecule has 0 saturated carbocycles. The van der Waals surface area contributed by atoms with Crippen LogP contribution in [0.1, 0.15) is 49.7 Å². The van der Waals surface area contributed by atoms with E-state index in [1.807, 2.05) is 36.4 Å². The number of hydrogen-bond donors (Lipinski definition) is 0. The Kier molecular flexibility index (Phi) is 11.6. The van der Waals surface area contributed by atoms with Crippen LogP contribution in [0.25, 0.3) is 0 Å². The van der Waals surface area contributed by atoms with Crippen LogP contribution in [-0.2, 0) is 21.7 Å².